The Balaban J connectivity index is 2.30. The number of nitro benzene ring substituents is 1. The zero-order valence-corrected chi connectivity index (χ0v) is 8.05. The molecular formula is C10H11NO4. The summed E-state index contributed by atoms with van der Waals surface area (Å²) in [5, 5.41) is 19.5. The molecule has 1 atom stereocenters. The first-order chi connectivity index (χ1) is 7.20. The van der Waals surface area contributed by atoms with E-state index in [1.54, 1.807) is 6.07 Å². The Bertz CT molecular complexity index is 391. The Morgan fingerprint density at radius 3 is 3.07 bits per heavy atom. The van der Waals surface area contributed by atoms with E-state index in [4.69, 9.17) is 9.84 Å². The molecule has 5 heteroatoms. The predicted octanol–water partition coefficient (Wildman–Crippen LogP) is 1.28. The molecule has 80 valence electrons. The molecule has 0 unspecified atom stereocenters. The highest BCUT2D eigenvalue weighted by Crippen LogP contribution is 2.30. The SMILES string of the molecule is O=[N+]([O-])c1ccc2c(c1)O[C@@H](CO)CC2. The van der Waals surface area contributed by atoms with Gasteiger partial charge in [-0.3, -0.25) is 10.1 Å². The second-order valence-electron chi connectivity index (χ2n) is 3.51. The summed E-state index contributed by atoms with van der Waals surface area (Å²) in [7, 11) is 0. The van der Waals surface area contributed by atoms with Gasteiger partial charge in [0.15, 0.2) is 0 Å². The van der Waals surface area contributed by atoms with E-state index in [2.05, 4.69) is 0 Å². The number of benzene rings is 1. The van der Waals surface area contributed by atoms with Crippen LogP contribution in [0.25, 0.3) is 0 Å². The smallest absolute Gasteiger partial charge is 0.273 e. The first-order valence-corrected chi connectivity index (χ1v) is 4.75. The molecule has 1 aromatic carbocycles. The second kappa shape index (κ2) is 3.86. The summed E-state index contributed by atoms with van der Waals surface area (Å²) < 4.78 is 5.42. The fourth-order valence-corrected chi connectivity index (χ4v) is 1.66. The van der Waals surface area contributed by atoms with Crippen LogP contribution in [-0.4, -0.2) is 22.7 Å². The molecule has 0 bridgehead atoms. The van der Waals surface area contributed by atoms with Crippen LogP contribution in [0, 0.1) is 10.1 Å². The Morgan fingerprint density at radius 1 is 1.60 bits per heavy atom. The summed E-state index contributed by atoms with van der Waals surface area (Å²) in [6.45, 7) is -0.0534. The largest absolute Gasteiger partial charge is 0.487 e. The van der Waals surface area contributed by atoms with Gasteiger partial charge in [-0.15, -0.1) is 0 Å². The van der Waals surface area contributed by atoms with Crippen molar-refractivity contribution in [3.63, 3.8) is 0 Å². The molecule has 1 heterocycles. The van der Waals surface area contributed by atoms with Crippen molar-refractivity contribution in [3.8, 4) is 5.75 Å². The zero-order valence-electron chi connectivity index (χ0n) is 8.05. The van der Waals surface area contributed by atoms with E-state index in [9.17, 15) is 10.1 Å². The lowest BCUT2D eigenvalue weighted by Gasteiger charge is -2.24. The summed E-state index contributed by atoms with van der Waals surface area (Å²) in [4.78, 5) is 10.1. The minimum absolute atomic E-state index is 0.0207. The van der Waals surface area contributed by atoms with Crippen LogP contribution < -0.4 is 4.74 Å². The van der Waals surface area contributed by atoms with E-state index in [1.807, 2.05) is 0 Å². The minimum Gasteiger partial charge on any atom is -0.487 e. The molecule has 2 rings (SSSR count). The maximum atomic E-state index is 10.5. The second-order valence-corrected chi connectivity index (χ2v) is 3.51. The molecule has 0 saturated heterocycles. The molecule has 0 fully saturated rings. The van der Waals surface area contributed by atoms with Crippen molar-refractivity contribution in [3.05, 3.63) is 33.9 Å². The lowest BCUT2D eigenvalue weighted by atomic mass is 10.0. The molecule has 0 aliphatic carbocycles. The number of aryl methyl sites for hydroxylation is 1. The van der Waals surface area contributed by atoms with Crippen LogP contribution in [0.2, 0.25) is 0 Å². The maximum absolute atomic E-state index is 10.5. The van der Waals surface area contributed by atoms with Crippen molar-refractivity contribution >= 4 is 5.69 Å². The molecule has 0 saturated carbocycles. The van der Waals surface area contributed by atoms with Gasteiger partial charge >= 0.3 is 0 Å². The Labute approximate surface area is 86.4 Å². The van der Waals surface area contributed by atoms with Gasteiger partial charge in [-0.2, -0.15) is 0 Å². The van der Waals surface area contributed by atoms with Crippen LogP contribution in [-0.2, 0) is 6.42 Å². The molecule has 1 aliphatic rings. The summed E-state index contributed by atoms with van der Waals surface area (Å²) >= 11 is 0. The summed E-state index contributed by atoms with van der Waals surface area (Å²) in [5.41, 5.74) is 0.984. The number of rotatable bonds is 2. The van der Waals surface area contributed by atoms with Gasteiger partial charge in [-0.25, -0.2) is 0 Å². The molecule has 0 spiro atoms. The number of aliphatic hydroxyl groups is 1. The van der Waals surface area contributed by atoms with Gasteiger partial charge in [0.2, 0.25) is 0 Å². The van der Waals surface area contributed by atoms with E-state index < -0.39 is 4.92 Å². The molecule has 0 radical (unpaired) electrons. The third kappa shape index (κ3) is 1.92. The van der Waals surface area contributed by atoms with Crippen molar-refractivity contribution in [1.29, 1.82) is 0 Å². The van der Waals surface area contributed by atoms with E-state index in [0.717, 1.165) is 18.4 Å². The van der Waals surface area contributed by atoms with Crippen LogP contribution in [0.4, 0.5) is 5.69 Å². The summed E-state index contributed by atoms with van der Waals surface area (Å²) in [5.74, 6) is 0.523. The predicted molar refractivity (Wildman–Crippen MR) is 52.9 cm³/mol. The lowest BCUT2D eigenvalue weighted by Crippen LogP contribution is -2.26. The quantitative estimate of drug-likeness (QED) is 0.588. The number of aliphatic hydroxyl groups excluding tert-OH is 1. The number of ether oxygens (including phenoxy) is 1. The monoisotopic (exact) mass is 209 g/mol. The highest BCUT2D eigenvalue weighted by Gasteiger charge is 2.21. The summed E-state index contributed by atoms with van der Waals surface area (Å²) in [6, 6.07) is 4.60. The minimum atomic E-state index is -0.452. The zero-order chi connectivity index (χ0) is 10.8. The van der Waals surface area contributed by atoms with Gasteiger partial charge in [-0.1, -0.05) is 0 Å². The molecule has 0 amide bonds. The van der Waals surface area contributed by atoms with Gasteiger partial charge in [0.1, 0.15) is 11.9 Å². The first-order valence-electron chi connectivity index (χ1n) is 4.75. The highest BCUT2D eigenvalue weighted by molar-refractivity contribution is 5.45. The normalized spacial score (nSPS) is 19.1. The molecule has 1 aromatic rings. The molecule has 15 heavy (non-hydrogen) atoms. The fraction of sp³-hybridized carbons (Fsp3) is 0.400. The van der Waals surface area contributed by atoms with Gasteiger partial charge in [0.25, 0.3) is 5.69 Å². The number of hydrogen-bond acceptors (Lipinski definition) is 4. The Kier molecular flexibility index (Phi) is 2.55. The number of non-ortho nitro benzene ring substituents is 1. The topological polar surface area (TPSA) is 72.6 Å². The van der Waals surface area contributed by atoms with E-state index in [0.29, 0.717) is 5.75 Å². The van der Waals surface area contributed by atoms with Crippen LogP contribution >= 0.6 is 0 Å². The van der Waals surface area contributed by atoms with Gasteiger partial charge in [0.05, 0.1) is 17.6 Å². The number of hydrogen-bond donors (Lipinski definition) is 1. The fourth-order valence-electron chi connectivity index (χ4n) is 1.66. The number of fused-ring (bicyclic) bond motifs is 1. The molecule has 0 aromatic heterocycles. The van der Waals surface area contributed by atoms with Crippen molar-refractivity contribution in [2.45, 2.75) is 18.9 Å². The van der Waals surface area contributed by atoms with Crippen LogP contribution in [0.15, 0.2) is 18.2 Å². The highest BCUT2D eigenvalue weighted by atomic mass is 16.6. The number of nitrogens with zero attached hydrogens (tertiary/aromatic N) is 1. The van der Waals surface area contributed by atoms with Crippen LogP contribution in [0.1, 0.15) is 12.0 Å². The van der Waals surface area contributed by atoms with Crippen molar-refractivity contribution in [1.82, 2.24) is 0 Å². The van der Waals surface area contributed by atoms with Crippen molar-refractivity contribution < 1.29 is 14.8 Å². The standard InChI is InChI=1S/C10H11NO4/c12-6-9-4-2-7-1-3-8(11(13)14)5-10(7)15-9/h1,3,5,9,12H,2,4,6H2/t9-/m1/s1. The van der Waals surface area contributed by atoms with Crippen molar-refractivity contribution in [2.75, 3.05) is 6.61 Å². The van der Waals surface area contributed by atoms with Crippen molar-refractivity contribution in [2.24, 2.45) is 0 Å². The molecule has 5 nitrogen and oxygen atoms in total. The van der Waals surface area contributed by atoms with Gasteiger partial charge in [0, 0.05) is 6.07 Å². The molecular weight excluding hydrogens is 198 g/mol. The maximum Gasteiger partial charge on any atom is 0.273 e. The molecule has 1 aliphatic heterocycles. The van der Waals surface area contributed by atoms with E-state index >= 15 is 0 Å². The van der Waals surface area contributed by atoms with Crippen LogP contribution in [0.3, 0.4) is 0 Å². The van der Waals surface area contributed by atoms with E-state index in [1.165, 1.54) is 12.1 Å². The lowest BCUT2D eigenvalue weighted by molar-refractivity contribution is -0.385. The van der Waals surface area contributed by atoms with Crippen LogP contribution in [0.5, 0.6) is 5.75 Å². The summed E-state index contributed by atoms with van der Waals surface area (Å²) in [6.07, 6.45) is 1.30. The Hall–Kier alpha value is -1.62. The third-order valence-corrected chi connectivity index (χ3v) is 2.49. The Morgan fingerprint density at radius 2 is 2.40 bits per heavy atom. The average molecular weight is 209 g/mol. The van der Waals surface area contributed by atoms with Gasteiger partial charge in [-0.05, 0) is 24.5 Å². The number of nitro groups is 1. The molecule has 1 N–H and O–H groups in total. The van der Waals surface area contributed by atoms with Gasteiger partial charge < -0.3 is 9.84 Å². The van der Waals surface area contributed by atoms with E-state index in [-0.39, 0.29) is 18.4 Å². The first kappa shape index (κ1) is 9.92. The third-order valence-electron chi connectivity index (χ3n) is 2.49. The average Bonchev–Trinajstić information content (AvgIpc) is 2.27.